The van der Waals surface area contributed by atoms with Crippen molar-refractivity contribution in [3.8, 4) is 5.75 Å². The van der Waals surface area contributed by atoms with Crippen LogP contribution in [0.15, 0.2) is 24.3 Å². The Balaban J connectivity index is 0.00000400. The molecule has 124 valence electrons. The van der Waals surface area contributed by atoms with Crippen molar-refractivity contribution >= 4 is 24.2 Å². The van der Waals surface area contributed by atoms with Crippen molar-refractivity contribution < 1.29 is 25.2 Å². The van der Waals surface area contributed by atoms with Gasteiger partial charge in [-0.15, -0.1) is 0 Å². The van der Waals surface area contributed by atoms with Gasteiger partial charge < -0.3 is 16.3 Å². The molecule has 0 aliphatic heterocycles. The summed E-state index contributed by atoms with van der Waals surface area (Å²) >= 11 is 6.42. The summed E-state index contributed by atoms with van der Waals surface area (Å²) in [7, 11) is -1.65. The molecule has 4 heteroatoms. The minimum absolute atomic E-state index is 0. The Labute approximate surface area is 150 Å². The summed E-state index contributed by atoms with van der Waals surface area (Å²) in [5.41, 5.74) is 1.96. The molecule has 0 amide bonds. The summed E-state index contributed by atoms with van der Waals surface area (Å²) in [6.07, 6.45) is 0. The van der Waals surface area contributed by atoms with Gasteiger partial charge >= 0.3 is 0 Å². The average Bonchev–Trinajstić information content (AvgIpc) is 2.29. The van der Waals surface area contributed by atoms with Crippen LogP contribution in [0.5, 0.6) is 5.75 Å². The normalized spacial score (nSPS) is 12.8. The van der Waals surface area contributed by atoms with E-state index in [4.69, 9.17) is 16.3 Å². The molecule has 0 bridgehead atoms. The van der Waals surface area contributed by atoms with Gasteiger partial charge in [0.2, 0.25) is 0 Å². The van der Waals surface area contributed by atoms with E-state index in [2.05, 4.69) is 65.8 Å². The topological polar surface area (TPSA) is 9.23 Å². The van der Waals surface area contributed by atoms with Crippen LogP contribution in [0.25, 0.3) is 0 Å². The Morgan fingerprint density at radius 3 is 1.71 bits per heavy atom. The molecule has 21 heavy (non-hydrogen) atoms. The van der Waals surface area contributed by atoms with Crippen LogP contribution in [0.3, 0.4) is 0 Å². The number of ether oxygens (including phenoxy) is 1. The zero-order valence-corrected chi connectivity index (χ0v) is 17.3. The van der Waals surface area contributed by atoms with Gasteiger partial charge in [0.05, 0.1) is 22.2 Å². The first kappa shape index (κ1) is 21.4. The molecular formula is C17H28ClOPPd. The van der Waals surface area contributed by atoms with Crippen LogP contribution in [0, 0.1) is 5.62 Å². The molecule has 0 saturated heterocycles. The van der Waals surface area contributed by atoms with Crippen molar-refractivity contribution in [3.63, 3.8) is 0 Å². The minimum Gasteiger partial charge on any atom is -0.494 e. The van der Waals surface area contributed by atoms with E-state index in [0.29, 0.717) is 6.61 Å². The maximum atomic E-state index is 6.42. The van der Waals surface area contributed by atoms with Crippen LogP contribution >= 0.6 is 18.9 Å². The van der Waals surface area contributed by atoms with Crippen LogP contribution in [-0.4, -0.2) is 16.9 Å². The van der Waals surface area contributed by atoms with E-state index in [1.165, 1.54) is 5.30 Å². The first-order valence-electron chi connectivity index (χ1n) is 7.17. The molecule has 1 aromatic carbocycles. The van der Waals surface area contributed by atoms with E-state index in [1.54, 1.807) is 0 Å². The molecule has 0 atom stereocenters. The SMILES string of the molecule is CCOc1ccc([P+]([CH-]Cl)(C(C)(C)C)C(C)(C)C)cc1.[Pd]. The van der Waals surface area contributed by atoms with Crippen LogP contribution in [0.1, 0.15) is 48.5 Å². The van der Waals surface area contributed by atoms with Crippen molar-refractivity contribution in [2.75, 3.05) is 6.61 Å². The summed E-state index contributed by atoms with van der Waals surface area (Å²) in [4.78, 5) is 0. The maximum Gasteiger partial charge on any atom is 0.119 e. The average molecular weight is 421 g/mol. The molecule has 0 fully saturated rings. The third kappa shape index (κ3) is 4.23. The number of hydrogen-bond acceptors (Lipinski definition) is 1. The maximum absolute atomic E-state index is 6.42. The van der Waals surface area contributed by atoms with Gasteiger partial charge in [0.25, 0.3) is 0 Å². The van der Waals surface area contributed by atoms with Crippen LogP contribution in [-0.2, 0) is 20.4 Å². The van der Waals surface area contributed by atoms with Gasteiger partial charge in [-0.25, -0.2) is 0 Å². The Bertz CT molecular complexity index is 418. The second kappa shape index (κ2) is 7.79. The van der Waals surface area contributed by atoms with Crippen LogP contribution in [0.4, 0.5) is 0 Å². The van der Waals surface area contributed by atoms with Crippen LogP contribution in [0.2, 0.25) is 0 Å². The Morgan fingerprint density at radius 2 is 1.43 bits per heavy atom. The number of rotatable bonds is 4. The molecule has 0 spiro atoms. The fourth-order valence-electron chi connectivity index (χ4n) is 3.07. The van der Waals surface area contributed by atoms with E-state index in [-0.39, 0.29) is 30.7 Å². The van der Waals surface area contributed by atoms with E-state index in [9.17, 15) is 0 Å². The van der Waals surface area contributed by atoms with Gasteiger partial charge in [-0.1, -0.05) is 12.9 Å². The number of halogens is 1. The molecule has 0 heterocycles. The first-order chi connectivity index (χ1) is 9.10. The summed E-state index contributed by atoms with van der Waals surface area (Å²) < 4.78 is 5.55. The molecule has 0 aromatic heterocycles. The quantitative estimate of drug-likeness (QED) is 0.345. The fraction of sp³-hybridized carbons (Fsp3) is 0.588. The number of benzene rings is 1. The molecule has 0 saturated carbocycles. The number of hydrogen-bond donors (Lipinski definition) is 0. The largest absolute Gasteiger partial charge is 0.494 e. The smallest absolute Gasteiger partial charge is 0.119 e. The monoisotopic (exact) mass is 420 g/mol. The van der Waals surface area contributed by atoms with Crippen molar-refractivity contribution in [2.24, 2.45) is 0 Å². The van der Waals surface area contributed by atoms with Crippen molar-refractivity contribution in [1.82, 2.24) is 0 Å². The third-order valence-electron chi connectivity index (χ3n) is 3.82. The van der Waals surface area contributed by atoms with Crippen LogP contribution < -0.4 is 10.0 Å². The fourth-order valence-corrected chi connectivity index (χ4v) is 10.0. The van der Waals surface area contributed by atoms with Gasteiger partial charge in [0, 0.05) is 20.4 Å². The summed E-state index contributed by atoms with van der Waals surface area (Å²) in [5.74, 6) is 0.923. The molecule has 0 unspecified atom stereocenters. The molecule has 1 nitrogen and oxygen atoms in total. The second-order valence-electron chi connectivity index (χ2n) is 7.09. The van der Waals surface area contributed by atoms with Gasteiger partial charge in [0.1, 0.15) is 5.75 Å². The molecular weight excluding hydrogens is 393 g/mol. The summed E-state index contributed by atoms with van der Waals surface area (Å²) in [5, 5.41) is 1.59. The third-order valence-corrected chi connectivity index (χ3v) is 10.3. The Kier molecular flexibility index (Phi) is 7.94. The molecule has 0 N–H and O–H groups in total. The van der Waals surface area contributed by atoms with E-state index >= 15 is 0 Å². The van der Waals surface area contributed by atoms with Gasteiger partial charge in [0.15, 0.2) is 0 Å². The van der Waals surface area contributed by atoms with Gasteiger partial charge in [-0.05, 0) is 72.7 Å². The Morgan fingerprint density at radius 1 is 1.00 bits per heavy atom. The first-order valence-corrected chi connectivity index (χ1v) is 9.46. The van der Waals surface area contributed by atoms with E-state index < -0.39 is 7.26 Å². The van der Waals surface area contributed by atoms with Crippen molar-refractivity contribution in [1.29, 1.82) is 0 Å². The molecule has 0 radical (unpaired) electrons. The van der Waals surface area contributed by atoms with Crippen molar-refractivity contribution in [3.05, 3.63) is 29.9 Å². The van der Waals surface area contributed by atoms with E-state index in [1.807, 2.05) is 12.5 Å². The second-order valence-corrected chi connectivity index (χ2v) is 12.5. The standard InChI is InChI=1S/C17H28ClOP.Pd/c1-8-19-14-9-11-15(12-10-14)20(13-18,16(2,3)4)17(5,6)7;/h9-13H,8H2,1-7H3;. The molecule has 0 aliphatic carbocycles. The predicted octanol–water partition coefficient (Wildman–Crippen LogP) is 5.68. The van der Waals surface area contributed by atoms with Gasteiger partial charge in [-0.2, -0.15) is 0 Å². The van der Waals surface area contributed by atoms with Gasteiger partial charge in [-0.3, -0.25) is 0 Å². The Hall–Kier alpha value is 0.402. The molecule has 1 aromatic rings. The predicted molar refractivity (Wildman–Crippen MR) is 93.8 cm³/mol. The minimum atomic E-state index is -1.65. The molecule has 0 aliphatic rings. The molecule has 1 rings (SSSR count). The van der Waals surface area contributed by atoms with E-state index in [0.717, 1.165) is 5.75 Å². The zero-order chi connectivity index (χ0) is 15.6. The zero-order valence-electron chi connectivity index (χ0n) is 14.1. The summed E-state index contributed by atoms with van der Waals surface area (Å²) in [6, 6.07) is 8.50. The summed E-state index contributed by atoms with van der Waals surface area (Å²) in [6.45, 7) is 16.5. The van der Waals surface area contributed by atoms with Crippen molar-refractivity contribution in [2.45, 2.75) is 58.8 Å².